The largest absolute Gasteiger partial charge is 2.00 e. The van der Waals surface area contributed by atoms with Gasteiger partial charge in [-0.05, 0) is 31.9 Å². The first kappa shape index (κ1) is 14.7. The third-order valence-corrected chi connectivity index (χ3v) is 2.01. The monoisotopic (exact) mass is 260 g/mol. The summed E-state index contributed by atoms with van der Waals surface area (Å²) in [5.41, 5.74) is 3.18. The molecular weight excluding hydrogens is 251 g/mol. The third-order valence-electron chi connectivity index (χ3n) is 2.01. The van der Waals surface area contributed by atoms with Gasteiger partial charge in [0.15, 0.2) is 0 Å². The zero-order chi connectivity index (χ0) is 7.72. The van der Waals surface area contributed by atoms with Crippen molar-refractivity contribution < 1.29 is 43.7 Å². The molecule has 0 unspecified atom stereocenters. The smallest absolute Gasteiger partial charge is 1.00 e. The summed E-state index contributed by atoms with van der Waals surface area (Å²) >= 11 is 0. The molecule has 0 saturated heterocycles. The minimum atomic E-state index is 0. The van der Waals surface area contributed by atoms with Crippen LogP contribution in [-0.2, 0) is 26.2 Å². The molecule has 0 amide bonds. The molecule has 0 radical (unpaired) electrons. The number of hydrogen-bond donors (Lipinski definition) is 0. The first-order valence-electron chi connectivity index (χ1n) is 3.36. The van der Waals surface area contributed by atoms with Crippen molar-refractivity contribution in [2.75, 3.05) is 0 Å². The van der Waals surface area contributed by atoms with Crippen molar-refractivity contribution in [1.29, 1.82) is 0 Å². The Morgan fingerprint density at radius 1 is 1.00 bits per heavy atom. The average molecular weight is 262 g/mol. The van der Waals surface area contributed by atoms with E-state index in [-0.39, 0.29) is 44.4 Å². The second kappa shape index (κ2) is 5.77. The molecule has 0 saturated carbocycles. The van der Waals surface area contributed by atoms with Crippen molar-refractivity contribution in [3.63, 3.8) is 0 Å². The van der Waals surface area contributed by atoms with E-state index in [0.29, 0.717) is 0 Å². The topological polar surface area (TPSA) is 23.1 Å². The van der Waals surface area contributed by atoms with Crippen LogP contribution in [0.15, 0.2) is 12.1 Å². The van der Waals surface area contributed by atoms with Crippen molar-refractivity contribution in [1.82, 2.24) is 0 Å². The molecule has 64 valence electrons. The Kier molecular flexibility index (Phi) is 7.07. The van der Waals surface area contributed by atoms with Crippen molar-refractivity contribution >= 4 is 0 Å². The molecule has 1 rings (SSSR count). The van der Waals surface area contributed by atoms with Gasteiger partial charge in [0.1, 0.15) is 0 Å². The fourth-order valence-corrected chi connectivity index (χ4v) is 0.931. The van der Waals surface area contributed by atoms with E-state index >= 15 is 0 Å². The fraction of sp³-hybridized carbons (Fsp3) is 0.333. The van der Waals surface area contributed by atoms with E-state index in [1.165, 1.54) is 5.56 Å². The molecule has 0 aliphatic carbocycles. The normalized spacial score (nSPS) is 8.25. The van der Waals surface area contributed by atoms with Gasteiger partial charge >= 0.3 is 26.2 Å². The molecule has 0 atom stereocenters. The fourth-order valence-electron chi connectivity index (χ4n) is 0.931. The van der Waals surface area contributed by atoms with Crippen LogP contribution >= 0.6 is 0 Å². The van der Waals surface area contributed by atoms with Gasteiger partial charge in [-0.15, -0.1) is 5.75 Å². The van der Waals surface area contributed by atoms with E-state index in [2.05, 4.69) is 0 Å². The van der Waals surface area contributed by atoms with Crippen molar-refractivity contribution in [3.05, 3.63) is 28.8 Å². The summed E-state index contributed by atoms with van der Waals surface area (Å²) in [5.74, 6) is 0.142. The van der Waals surface area contributed by atoms with E-state index in [0.717, 1.165) is 11.1 Å². The Bertz CT molecular complexity index is 234. The van der Waals surface area contributed by atoms with Crippen LogP contribution in [0.2, 0.25) is 0 Å². The molecule has 0 aliphatic rings. The first-order chi connectivity index (χ1) is 4.63. The Hall–Kier alpha value is 0.193. The van der Waals surface area contributed by atoms with Gasteiger partial charge in [0, 0.05) is 0 Å². The minimum absolute atomic E-state index is 0. The number of aryl methyl sites for hydroxylation is 1. The molecule has 0 spiro atoms. The van der Waals surface area contributed by atoms with Gasteiger partial charge in [-0.2, -0.15) is 0 Å². The Labute approximate surface area is 98.7 Å². The molecule has 1 aromatic carbocycles. The maximum atomic E-state index is 11.0. The van der Waals surface area contributed by atoms with E-state index in [9.17, 15) is 5.11 Å². The van der Waals surface area contributed by atoms with Gasteiger partial charge in [-0.1, -0.05) is 17.7 Å². The van der Waals surface area contributed by atoms with Gasteiger partial charge in [-0.3, -0.25) is 0 Å². The maximum absolute atomic E-state index is 11.0. The Balaban J connectivity index is 0. The predicted octanol–water partition coefficient (Wildman–Crippen LogP) is -1.31. The first-order valence-corrected chi connectivity index (χ1v) is 3.36. The average Bonchev–Trinajstić information content (AvgIpc) is 1.93. The molecular formula is C9H11ClOZr. The van der Waals surface area contributed by atoms with Crippen LogP contribution in [-0.4, -0.2) is 0 Å². The van der Waals surface area contributed by atoms with Crippen LogP contribution in [0.5, 0.6) is 5.75 Å². The quantitative estimate of drug-likeness (QED) is 0.569. The number of hydrogen-bond acceptors (Lipinski definition) is 1. The molecule has 12 heavy (non-hydrogen) atoms. The predicted molar refractivity (Wildman–Crippen MR) is 40.1 cm³/mol. The molecule has 0 N–H and O–H groups in total. The minimum Gasteiger partial charge on any atom is -1.00 e. The zero-order valence-electron chi connectivity index (χ0n) is 7.44. The molecule has 0 bridgehead atoms. The number of halogens is 1. The molecule has 0 heterocycles. The standard InChI is InChI=1S/C9H12O.ClH.Zr/c1-6-4-5-9(10)8(3)7(6)2;;/h4-5,10H,1-3H3;1H;/q;;+2/p-2. The van der Waals surface area contributed by atoms with Crippen molar-refractivity contribution in [2.45, 2.75) is 20.8 Å². The Morgan fingerprint density at radius 2 is 1.50 bits per heavy atom. The molecule has 0 fully saturated rings. The summed E-state index contributed by atoms with van der Waals surface area (Å²) in [5, 5.41) is 11.0. The number of rotatable bonds is 0. The summed E-state index contributed by atoms with van der Waals surface area (Å²) in [6, 6.07) is 3.49. The van der Waals surface area contributed by atoms with Crippen LogP contribution in [0, 0.1) is 20.8 Å². The van der Waals surface area contributed by atoms with Crippen molar-refractivity contribution in [3.8, 4) is 5.75 Å². The van der Waals surface area contributed by atoms with Crippen LogP contribution in [0.3, 0.4) is 0 Å². The van der Waals surface area contributed by atoms with E-state index in [1.54, 1.807) is 6.07 Å². The molecule has 1 aromatic rings. The SMILES string of the molecule is Cc1ccc([O-])c(C)c1C.[Cl-].[Zr+2]. The number of benzene rings is 1. The van der Waals surface area contributed by atoms with Crippen LogP contribution in [0.25, 0.3) is 0 Å². The van der Waals surface area contributed by atoms with E-state index in [1.807, 2.05) is 26.8 Å². The molecule has 0 aromatic heterocycles. The Morgan fingerprint density at radius 3 is 1.92 bits per heavy atom. The second-order valence-corrected chi connectivity index (χ2v) is 2.63. The summed E-state index contributed by atoms with van der Waals surface area (Å²) in [6.45, 7) is 5.86. The van der Waals surface area contributed by atoms with Gasteiger partial charge in [0.05, 0.1) is 0 Å². The van der Waals surface area contributed by atoms with E-state index in [4.69, 9.17) is 0 Å². The summed E-state index contributed by atoms with van der Waals surface area (Å²) in [7, 11) is 0. The van der Waals surface area contributed by atoms with Gasteiger partial charge in [0.25, 0.3) is 0 Å². The second-order valence-electron chi connectivity index (χ2n) is 2.63. The third kappa shape index (κ3) is 2.91. The summed E-state index contributed by atoms with van der Waals surface area (Å²) < 4.78 is 0. The molecule has 3 heteroatoms. The van der Waals surface area contributed by atoms with Crippen LogP contribution in [0.1, 0.15) is 16.7 Å². The van der Waals surface area contributed by atoms with Crippen LogP contribution < -0.4 is 17.5 Å². The molecule has 0 aliphatic heterocycles. The molecule has 1 nitrogen and oxygen atoms in total. The van der Waals surface area contributed by atoms with Gasteiger partial charge in [-0.25, -0.2) is 0 Å². The summed E-state index contributed by atoms with van der Waals surface area (Å²) in [6.07, 6.45) is 0. The van der Waals surface area contributed by atoms with E-state index < -0.39 is 0 Å². The maximum Gasteiger partial charge on any atom is 2.00 e. The van der Waals surface area contributed by atoms with Crippen molar-refractivity contribution in [2.24, 2.45) is 0 Å². The van der Waals surface area contributed by atoms with Gasteiger partial charge in [0.2, 0.25) is 0 Å². The summed E-state index contributed by atoms with van der Waals surface area (Å²) in [4.78, 5) is 0. The zero-order valence-corrected chi connectivity index (χ0v) is 10.7. The van der Waals surface area contributed by atoms with Gasteiger partial charge < -0.3 is 17.5 Å². The van der Waals surface area contributed by atoms with Crippen LogP contribution in [0.4, 0.5) is 0 Å².